The largest absolute Gasteiger partial charge is 0.481 e. The predicted octanol–water partition coefficient (Wildman–Crippen LogP) is 3.14. The van der Waals surface area contributed by atoms with Crippen molar-refractivity contribution in [1.29, 1.82) is 0 Å². The molecule has 1 N–H and O–H groups in total. The van der Waals surface area contributed by atoms with E-state index < -0.39 is 23.5 Å². The van der Waals surface area contributed by atoms with E-state index in [0.29, 0.717) is 6.42 Å². The molecule has 162 valence electrons. The minimum atomic E-state index is -0.794. The molecule has 0 saturated heterocycles. The average molecular weight is 417 g/mol. The summed E-state index contributed by atoms with van der Waals surface area (Å²) >= 11 is 0. The highest BCUT2D eigenvalue weighted by Crippen LogP contribution is 2.26. The molecule has 0 aliphatic carbocycles. The lowest BCUT2D eigenvalue weighted by Gasteiger charge is -2.24. The maximum atomic E-state index is 12.9. The van der Waals surface area contributed by atoms with Gasteiger partial charge in [0.25, 0.3) is 5.91 Å². The maximum Gasteiger partial charge on any atom is 0.329 e. The molecule has 1 aromatic heterocycles. The summed E-state index contributed by atoms with van der Waals surface area (Å²) in [4.78, 5) is 33.4. The third-order valence-electron chi connectivity index (χ3n) is 3.81. The van der Waals surface area contributed by atoms with Crippen molar-refractivity contribution in [1.82, 2.24) is 15.3 Å². The number of rotatable bonds is 8. The molecule has 1 heterocycles. The van der Waals surface area contributed by atoms with Crippen LogP contribution in [-0.2, 0) is 9.53 Å². The third kappa shape index (κ3) is 6.33. The Hall–Kier alpha value is -3.36. The van der Waals surface area contributed by atoms with Crippen LogP contribution in [0, 0.1) is 0 Å². The van der Waals surface area contributed by atoms with Crippen molar-refractivity contribution in [2.45, 2.75) is 45.8 Å². The van der Waals surface area contributed by atoms with Gasteiger partial charge in [-0.1, -0.05) is 19.1 Å². The van der Waals surface area contributed by atoms with E-state index >= 15 is 0 Å². The van der Waals surface area contributed by atoms with Gasteiger partial charge in [0.15, 0.2) is 0 Å². The summed E-state index contributed by atoms with van der Waals surface area (Å²) in [6, 6.07) is 7.21. The van der Waals surface area contributed by atoms with Gasteiger partial charge in [-0.15, -0.1) is 0 Å². The van der Waals surface area contributed by atoms with E-state index in [1.54, 1.807) is 52.0 Å². The number of hydrogen-bond acceptors (Lipinski definition) is 8. The lowest BCUT2D eigenvalue weighted by atomic mass is 10.1. The molecule has 0 saturated carbocycles. The van der Waals surface area contributed by atoms with Crippen LogP contribution in [0.4, 0.5) is 0 Å². The van der Waals surface area contributed by atoms with Crippen molar-refractivity contribution in [3.63, 3.8) is 0 Å². The standard InChI is InChI=1S/C21H27N3O6/c1-7-14(19(26)30-21(2,3)4)22-18(25)13-10-8-9-11-15(13)29-20-23-16(27-5)12-17(24-20)28-6/h8-12,14H,7H2,1-6H3,(H,22,25)/t14-/m0/s1. The Balaban J connectivity index is 2.24. The molecule has 0 bridgehead atoms. The van der Waals surface area contributed by atoms with E-state index in [9.17, 15) is 9.59 Å². The summed E-state index contributed by atoms with van der Waals surface area (Å²) in [5.74, 6) is -0.287. The molecular weight excluding hydrogens is 390 g/mol. The topological polar surface area (TPSA) is 109 Å². The van der Waals surface area contributed by atoms with Crippen molar-refractivity contribution < 1.29 is 28.5 Å². The second kappa shape index (κ2) is 9.91. The van der Waals surface area contributed by atoms with Gasteiger partial charge < -0.3 is 24.3 Å². The number of nitrogens with zero attached hydrogens (tertiary/aromatic N) is 2. The first kappa shape index (κ1) is 22.9. The van der Waals surface area contributed by atoms with Gasteiger partial charge in [-0.2, -0.15) is 9.97 Å². The number of esters is 1. The Morgan fingerprint density at radius 2 is 1.67 bits per heavy atom. The zero-order valence-electron chi connectivity index (χ0n) is 18.0. The molecule has 0 aliphatic rings. The Morgan fingerprint density at radius 3 is 2.20 bits per heavy atom. The van der Waals surface area contributed by atoms with Gasteiger partial charge in [-0.05, 0) is 39.3 Å². The third-order valence-corrected chi connectivity index (χ3v) is 3.81. The molecule has 2 rings (SSSR count). The molecule has 2 aromatic rings. The number of methoxy groups -OCH3 is 2. The molecule has 0 unspecified atom stereocenters. The number of hydrogen-bond donors (Lipinski definition) is 1. The van der Waals surface area contributed by atoms with E-state index in [1.807, 2.05) is 0 Å². The number of ether oxygens (including phenoxy) is 4. The number of amides is 1. The second-order valence-corrected chi connectivity index (χ2v) is 7.30. The fraction of sp³-hybridized carbons (Fsp3) is 0.429. The Bertz CT molecular complexity index is 872. The Morgan fingerprint density at radius 1 is 1.07 bits per heavy atom. The molecule has 0 fully saturated rings. The summed E-state index contributed by atoms with van der Waals surface area (Å²) in [6.45, 7) is 7.09. The van der Waals surface area contributed by atoms with Gasteiger partial charge in [0.2, 0.25) is 11.8 Å². The van der Waals surface area contributed by atoms with Gasteiger partial charge in [-0.25, -0.2) is 4.79 Å². The first-order chi connectivity index (χ1) is 14.2. The van der Waals surface area contributed by atoms with Crippen LogP contribution in [0.15, 0.2) is 30.3 Å². The van der Waals surface area contributed by atoms with Crippen molar-refractivity contribution in [2.75, 3.05) is 14.2 Å². The molecule has 0 radical (unpaired) electrons. The summed E-state index contributed by atoms with van der Waals surface area (Å²) in [6.07, 6.45) is 0.375. The smallest absolute Gasteiger partial charge is 0.329 e. The highest BCUT2D eigenvalue weighted by molar-refractivity contribution is 5.99. The lowest BCUT2D eigenvalue weighted by molar-refractivity contribution is -0.157. The van der Waals surface area contributed by atoms with Crippen LogP contribution in [-0.4, -0.2) is 47.7 Å². The van der Waals surface area contributed by atoms with Crippen LogP contribution in [0.25, 0.3) is 0 Å². The molecule has 1 amide bonds. The van der Waals surface area contributed by atoms with Gasteiger partial charge in [-0.3, -0.25) is 4.79 Å². The van der Waals surface area contributed by atoms with Crippen LogP contribution < -0.4 is 19.5 Å². The number of nitrogens with one attached hydrogen (secondary N) is 1. The predicted molar refractivity (Wildman–Crippen MR) is 109 cm³/mol. The van der Waals surface area contributed by atoms with E-state index in [-0.39, 0.29) is 29.1 Å². The first-order valence-electron chi connectivity index (χ1n) is 9.44. The Kier molecular flexibility index (Phi) is 7.57. The molecule has 0 aliphatic heterocycles. The number of benzene rings is 1. The van der Waals surface area contributed by atoms with Gasteiger partial charge in [0.1, 0.15) is 17.4 Å². The molecular formula is C21H27N3O6. The first-order valence-corrected chi connectivity index (χ1v) is 9.44. The van der Waals surface area contributed by atoms with E-state index in [1.165, 1.54) is 20.3 Å². The molecule has 0 spiro atoms. The van der Waals surface area contributed by atoms with Crippen LogP contribution in [0.1, 0.15) is 44.5 Å². The van der Waals surface area contributed by atoms with Crippen LogP contribution in [0.2, 0.25) is 0 Å². The minimum Gasteiger partial charge on any atom is -0.481 e. The maximum absolute atomic E-state index is 12.9. The zero-order valence-corrected chi connectivity index (χ0v) is 18.0. The van der Waals surface area contributed by atoms with Crippen LogP contribution >= 0.6 is 0 Å². The highest BCUT2D eigenvalue weighted by atomic mass is 16.6. The van der Waals surface area contributed by atoms with Crippen molar-refractivity contribution >= 4 is 11.9 Å². The molecule has 1 atom stereocenters. The quantitative estimate of drug-likeness (QED) is 0.653. The van der Waals surface area contributed by atoms with Gasteiger partial charge in [0.05, 0.1) is 25.8 Å². The van der Waals surface area contributed by atoms with Crippen molar-refractivity contribution in [2.24, 2.45) is 0 Å². The average Bonchev–Trinajstić information content (AvgIpc) is 2.70. The summed E-state index contributed by atoms with van der Waals surface area (Å²) in [7, 11) is 2.91. The monoisotopic (exact) mass is 417 g/mol. The molecule has 9 nitrogen and oxygen atoms in total. The highest BCUT2D eigenvalue weighted by Gasteiger charge is 2.26. The van der Waals surface area contributed by atoms with Gasteiger partial charge >= 0.3 is 12.0 Å². The SMILES string of the molecule is CC[C@H](NC(=O)c1ccccc1Oc1nc(OC)cc(OC)n1)C(=O)OC(C)(C)C. The van der Waals surface area contributed by atoms with Crippen molar-refractivity contribution in [3.8, 4) is 23.5 Å². The van der Waals surface area contributed by atoms with Crippen molar-refractivity contribution in [3.05, 3.63) is 35.9 Å². The van der Waals surface area contributed by atoms with E-state index in [2.05, 4.69) is 15.3 Å². The lowest BCUT2D eigenvalue weighted by Crippen LogP contribution is -2.43. The zero-order chi connectivity index (χ0) is 22.3. The fourth-order valence-corrected chi connectivity index (χ4v) is 2.42. The fourth-order valence-electron chi connectivity index (χ4n) is 2.42. The number of aromatic nitrogens is 2. The van der Waals surface area contributed by atoms with E-state index in [4.69, 9.17) is 18.9 Å². The van der Waals surface area contributed by atoms with Gasteiger partial charge in [0, 0.05) is 0 Å². The van der Waals surface area contributed by atoms with Crippen LogP contribution in [0.3, 0.4) is 0 Å². The second-order valence-electron chi connectivity index (χ2n) is 7.30. The minimum absolute atomic E-state index is 0.0503. The van der Waals surface area contributed by atoms with Crippen LogP contribution in [0.5, 0.6) is 23.5 Å². The normalized spacial score (nSPS) is 11.9. The molecule has 30 heavy (non-hydrogen) atoms. The summed E-state index contributed by atoms with van der Waals surface area (Å²) in [5, 5.41) is 2.69. The summed E-state index contributed by atoms with van der Waals surface area (Å²) in [5.41, 5.74) is -0.441. The number of carbonyl (C=O) groups is 2. The molecule has 9 heteroatoms. The Labute approximate surface area is 175 Å². The van der Waals surface area contributed by atoms with E-state index in [0.717, 1.165) is 0 Å². The summed E-state index contributed by atoms with van der Waals surface area (Å²) < 4.78 is 21.3. The molecule has 1 aromatic carbocycles. The number of carbonyl (C=O) groups excluding carboxylic acids is 2. The number of para-hydroxylation sites is 1.